The zero-order chi connectivity index (χ0) is 21.8. The van der Waals surface area contributed by atoms with Crippen LogP contribution in [0.5, 0.6) is 0 Å². The minimum absolute atomic E-state index is 0.265. The van der Waals surface area contributed by atoms with Crippen LogP contribution in [0, 0.1) is 18.3 Å². The van der Waals surface area contributed by atoms with Crippen LogP contribution < -0.4 is 16.2 Å². The summed E-state index contributed by atoms with van der Waals surface area (Å²) in [6.07, 6.45) is 0.691. The second-order valence-electron chi connectivity index (χ2n) is 6.80. The third kappa shape index (κ3) is 4.38. The largest absolute Gasteiger partial charge is 0.391 e. The number of nitrogens with zero attached hydrogens (tertiary/aromatic N) is 1. The van der Waals surface area contributed by atoms with Crippen molar-refractivity contribution in [1.29, 1.82) is 5.26 Å². The average Bonchev–Trinajstić information content (AvgIpc) is 3.20. The number of aliphatic hydroxyl groups excluding tert-OH is 1. The van der Waals surface area contributed by atoms with E-state index in [0.717, 1.165) is 10.9 Å². The quantitative estimate of drug-likeness (QED) is 0.401. The highest BCUT2D eigenvalue weighted by atomic mass is 35.5. The van der Waals surface area contributed by atoms with Gasteiger partial charge in [0, 0.05) is 28.4 Å². The normalized spacial score (nSPS) is 12.6. The van der Waals surface area contributed by atoms with Gasteiger partial charge in [0.25, 0.3) is 11.8 Å². The van der Waals surface area contributed by atoms with Crippen LogP contribution in [0.15, 0.2) is 42.6 Å². The number of halogens is 1. The van der Waals surface area contributed by atoms with Crippen molar-refractivity contribution in [3.05, 3.63) is 64.3 Å². The lowest BCUT2D eigenvalue weighted by atomic mass is 10.1. The first-order chi connectivity index (χ1) is 14.3. The predicted molar refractivity (Wildman–Crippen MR) is 114 cm³/mol. The first-order valence-corrected chi connectivity index (χ1v) is 9.50. The number of hydrogen-bond acceptors (Lipinski definition) is 5. The van der Waals surface area contributed by atoms with E-state index in [0.29, 0.717) is 22.4 Å². The fourth-order valence-corrected chi connectivity index (χ4v) is 3.17. The lowest BCUT2D eigenvalue weighted by molar-refractivity contribution is -0.124. The number of aromatic amines is 1. The molecule has 0 saturated heterocycles. The number of nitriles is 1. The second-order valence-corrected chi connectivity index (χ2v) is 7.18. The van der Waals surface area contributed by atoms with Gasteiger partial charge >= 0.3 is 0 Å². The number of nitrogens with one attached hydrogen (secondary N) is 4. The van der Waals surface area contributed by atoms with Crippen molar-refractivity contribution in [2.45, 2.75) is 26.0 Å². The minimum Gasteiger partial charge on any atom is -0.391 e. The lowest BCUT2D eigenvalue weighted by Crippen LogP contribution is -2.52. The van der Waals surface area contributed by atoms with Gasteiger partial charge < -0.3 is 15.4 Å². The van der Waals surface area contributed by atoms with Gasteiger partial charge in [0.1, 0.15) is 12.1 Å². The Balaban J connectivity index is 1.69. The van der Waals surface area contributed by atoms with E-state index in [2.05, 4.69) is 21.2 Å². The molecular formula is C21H20ClN5O3. The molecule has 2 atom stereocenters. The van der Waals surface area contributed by atoms with Crippen LogP contribution in [-0.4, -0.2) is 34.1 Å². The lowest BCUT2D eigenvalue weighted by Gasteiger charge is -2.23. The zero-order valence-corrected chi connectivity index (χ0v) is 17.0. The summed E-state index contributed by atoms with van der Waals surface area (Å²) in [5, 5.41) is 23.2. The first-order valence-electron chi connectivity index (χ1n) is 9.13. The Labute approximate surface area is 177 Å². The van der Waals surface area contributed by atoms with E-state index in [1.807, 2.05) is 12.1 Å². The van der Waals surface area contributed by atoms with E-state index in [4.69, 9.17) is 16.9 Å². The maximum absolute atomic E-state index is 12.6. The maximum Gasteiger partial charge on any atom is 0.269 e. The second kappa shape index (κ2) is 8.86. The van der Waals surface area contributed by atoms with E-state index in [1.165, 1.54) is 13.0 Å². The number of anilines is 1. The smallest absolute Gasteiger partial charge is 0.269 e. The van der Waals surface area contributed by atoms with Gasteiger partial charge in [0.2, 0.25) is 0 Å². The SMILES string of the molecule is Cc1c(NC(C(=O)NNC(=O)c2ccc3[nH]ccc3c2)[C@H](C)O)ccc(C#N)c1Cl. The molecule has 1 aromatic heterocycles. The standard InChI is InChI=1S/C21H20ClN5O3/c1-11-16(5-4-15(10-23)18(11)22)25-19(12(2)28)21(30)27-26-20(29)14-3-6-17-13(9-14)7-8-24-17/h3-9,12,19,24-25,28H,1-2H3,(H,26,29)(H,27,30)/t12-,19?/m0/s1. The molecular weight excluding hydrogens is 406 g/mol. The molecule has 0 aliphatic heterocycles. The molecule has 0 aliphatic rings. The number of benzene rings is 2. The van der Waals surface area contributed by atoms with Crippen molar-refractivity contribution in [2.75, 3.05) is 5.32 Å². The zero-order valence-electron chi connectivity index (χ0n) is 16.3. The molecule has 3 rings (SSSR count). The van der Waals surface area contributed by atoms with Crippen molar-refractivity contribution in [2.24, 2.45) is 0 Å². The number of carbonyl (C=O) groups excluding carboxylic acids is 2. The number of aliphatic hydroxyl groups is 1. The molecule has 30 heavy (non-hydrogen) atoms. The Hall–Kier alpha value is -3.54. The van der Waals surface area contributed by atoms with Crippen LogP contribution >= 0.6 is 11.6 Å². The molecule has 154 valence electrons. The van der Waals surface area contributed by atoms with Gasteiger partial charge in [-0.15, -0.1) is 0 Å². The van der Waals surface area contributed by atoms with Crippen LogP contribution in [0.1, 0.15) is 28.4 Å². The predicted octanol–water partition coefficient (Wildman–Crippen LogP) is 2.62. The number of hydrogen-bond donors (Lipinski definition) is 5. The van der Waals surface area contributed by atoms with Crippen molar-refractivity contribution in [1.82, 2.24) is 15.8 Å². The number of rotatable bonds is 5. The van der Waals surface area contributed by atoms with Crippen LogP contribution in [0.25, 0.3) is 10.9 Å². The number of hydrazine groups is 1. The number of fused-ring (bicyclic) bond motifs is 1. The molecule has 0 saturated carbocycles. The van der Waals surface area contributed by atoms with Gasteiger partial charge in [-0.05, 0) is 55.8 Å². The van der Waals surface area contributed by atoms with E-state index in [1.54, 1.807) is 37.4 Å². The molecule has 9 heteroatoms. The van der Waals surface area contributed by atoms with Crippen molar-refractivity contribution < 1.29 is 14.7 Å². The van der Waals surface area contributed by atoms with Crippen molar-refractivity contribution in [3.8, 4) is 6.07 Å². The van der Waals surface area contributed by atoms with Crippen LogP contribution in [0.3, 0.4) is 0 Å². The molecule has 2 aromatic carbocycles. The summed E-state index contributed by atoms with van der Waals surface area (Å²) in [4.78, 5) is 28.0. The number of carbonyl (C=O) groups is 2. The topological polar surface area (TPSA) is 130 Å². The Kier molecular flexibility index (Phi) is 6.26. The summed E-state index contributed by atoms with van der Waals surface area (Å²) in [6, 6.07) is 11.0. The van der Waals surface area contributed by atoms with Crippen LogP contribution in [-0.2, 0) is 4.79 Å². The molecule has 0 aliphatic carbocycles. The summed E-state index contributed by atoms with van der Waals surface area (Å²) in [5.74, 6) is -1.13. The van der Waals surface area contributed by atoms with Crippen molar-refractivity contribution >= 4 is 40.0 Å². The van der Waals surface area contributed by atoms with Gasteiger partial charge in [-0.25, -0.2) is 0 Å². The summed E-state index contributed by atoms with van der Waals surface area (Å²) in [6.45, 7) is 3.14. The van der Waals surface area contributed by atoms with E-state index in [9.17, 15) is 14.7 Å². The van der Waals surface area contributed by atoms with E-state index < -0.39 is 24.0 Å². The third-order valence-corrected chi connectivity index (χ3v) is 5.18. The maximum atomic E-state index is 12.6. The van der Waals surface area contributed by atoms with Gasteiger partial charge in [-0.2, -0.15) is 5.26 Å². The van der Waals surface area contributed by atoms with Crippen LogP contribution in [0.4, 0.5) is 5.69 Å². The first kappa shape index (κ1) is 21.2. The van der Waals surface area contributed by atoms with Gasteiger partial charge in [-0.3, -0.25) is 20.4 Å². The molecule has 0 fully saturated rings. The number of amides is 2. The average molecular weight is 426 g/mol. The van der Waals surface area contributed by atoms with Gasteiger partial charge in [0.15, 0.2) is 0 Å². The Bertz CT molecular complexity index is 1150. The number of aromatic nitrogens is 1. The van der Waals surface area contributed by atoms with Gasteiger partial charge in [-0.1, -0.05) is 11.6 Å². The minimum atomic E-state index is -1.08. The fourth-order valence-electron chi connectivity index (χ4n) is 2.96. The summed E-state index contributed by atoms with van der Waals surface area (Å²) in [7, 11) is 0. The summed E-state index contributed by atoms with van der Waals surface area (Å²) in [5.41, 5.74) is 7.31. The summed E-state index contributed by atoms with van der Waals surface area (Å²) < 4.78 is 0. The highest BCUT2D eigenvalue weighted by Gasteiger charge is 2.25. The third-order valence-electron chi connectivity index (χ3n) is 4.70. The molecule has 0 bridgehead atoms. The van der Waals surface area contributed by atoms with Gasteiger partial charge in [0.05, 0.1) is 16.7 Å². The molecule has 2 amide bonds. The Morgan fingerprint density at radius 2 is 1.97 bits per heavy atom. The monoisotopic (exact) mass is 425 g/mol. The number of H-pyrrole nitrogens is 1. The van der Waals surface area contributed by atoms with Crippen LogP contribution in [0.2, 0.25) is 5.02 Å². The Morgan fingerprint density at radius 3 is 2.67 bits per heavy atom. The molecule has 5 N–H and O–H groups in total. The van der Waals surface area contributed by atoms with E-state index in [-0.39, 0.29) is 5.02 Å². The highest BCUT2D eigenvalue weighted by molar-refractivity contribution is 6.32. The molecule has 3 aromatic rings. The highest BCUT2D eigenvalue weighted by Crippen LogP contribution is 2.27. The van der Waals surface area contributed by atoms with Crippen molar-refractivity contribution in [3.63, 3.8) is 0 Å². The molecule has 1 heterocycles. The van der Waals surface area contributed by atoms with E-state index >= 15 is 0 Å². The molecule has 8 nitrogen and oxygen atoms in total. The fraction of sp³-hybridized carbons (Fsp3) is 0.190. The molecule has 0 radical (unpaired) electrons. The molecule has 1 unspecified atom stereocenters. The summed E-state index contributed by atoms with van der Waals surface area (Å²) >= 11 is 6.16. The Morgan fingerprint density at radius 1 is 1.20 bits per heavy atom. The molecule has 0 spiro atoms.